The Kier molecular flexibility index (Phi) is 5.10. The van der Waals surface area contributed by atoms with Gasteiger partial charge in [0.1, 0.15) is 5.57 Å². The van der Waals surface area contributed by atoms with Crippen molar-refractivity contribution in [3.8, 4) is 5.69 Å². The van der Waals surface area contributed by atoms with E-state index >= 15 is 0 Å². The summed E-state index contributed by atoms with van der Waals surface area (Å²) >= 11 is 5.86. The van der Waals surface area contributed by atoms with Gasteiger partial charge in [0.15, 0.2) is 0 Å². The van der Waals surface area contributed by atoms with E-state index in [2.05, 4.69) is 5.32 Å². The number of benzene rings is 2. The van der Waals surface area contributed by atoms with Crippen LogP contribution in [-0.2, 0) is 9.59 Å². The third kappa shape index (κ3) is 3.81. The number of nitro benzene ring substituents is 1. The number of aromatic nitrogens is 1. The van der Waals surface area contributed by atoms with Gasteiger partial charge in [0.2, 0.25) is 0 Å². The van der Waals surface area contributed by atoms with Gasteiger partial charge in [-0.05, 0) is 48.5 Å². The fraction of sp³-hybridized carbons (Fsp3) is 0. The van der Waals surface area contributed by atoms with E-state index in [1.807, 2.05) is 0 Å². The summed E-state index contributed by atoms with van der Waals surface area (Å²) in [5, 5.41) is 13.6. The second kappa shape index (κ2) is 7.88. The van der Waals surface area contributed by atoms with Gasteiger partial charge in [0.05, 0.1) is 16.3 Å². The number of hydrogen-bond acceptors (Lipinski definition) is 5. The summed E-state index contributed by atoms with van der Waals surface area (Å²) in [5.41, 5.74) is 0.778. The number of nitrogens with one attached hydrogen (secondary N) is 1. The first kappa shape index (κ1) is 20.0. The maximum atomic E-state index is 13.0. The average molecular weight is 437 g/mol. The highest BCUT2D eigenvalue weighted by Gasteiger charge is 2.37. The van der Waals surface area contributed by atoms with Crippen LogP contribution in [0.2, 0.25) is 5.02 Å². The van der Waals surface area contributed by atoms with Gasteiger partial charge in [-0.25, -0.2) is 9.69 Å². The highest BCUT2D eigenvalue weighted by atomic mass is 35.5. The van der Waals surface area contributed by atoms with E-state index in [1.165, 1.54) is 48.5 Å². The summed E-state index contributed by atoms with van der Waals surface area (Å²) in [4.78, 5) is 49.1. The van der Waals surface area contributed by atoms with Gasteiger partial charge in [0, 0.05) is 29.0 Å². The van der Waals surface area contributed by atoms with E-state index in [1.54, 1.807) is 29.0 Å². The molecule has 0 bridgehead atoms. The van der Waals surface area contributed by atoms with Gasteiger partial charge < -0.3 is 4.57 Å². The summed E-state index contributed by atoms with van der Waals surface area (Å²) < 4.78 is 1.59. The number of hydrogen-bond donors (Lipinski definition) is 1. The number of carbonyl (C=O) groups is 3. The van der Waals surface area contributed by atoms with Crippen molar-refractivity contribution in [2.45, 2.75) is 0 Å². The first-order chi connectivity index (χ1) is 14.8. The van der Waals surface area contributed by atoms with Crippen molar-refractivity contribution in [3.63, 3.8) is 0 Å². The Morgan fingerprint density at radius 1 is 0.968 bits per heavy atom. The minimum absolute atomic E-state index is 0.101. The predicted octanol–water partition coefficient (Wildman–Crippen LogP) is 3.71. The Balaban J connectivity index is 1.74. The van der Waals surface area contributed by atoms with Crippen LogP contribution in [0.4, 0.5) is 16.2 Å². The van der Waals surface area contributed by atoms with Crippen molar-refractivity contribution >= 4 is 46.9 Å². The van der Waals surface area contributed by atoms with Crippen molar-refractivity contribution in [3.05, 3.63) is 93.3 Å². The number of carbonyl (C=O) groups excluding carboxylic acids is 3. The zero-order valence-electron chi connectivity index (χ0n) is 15.7. The summed E-state index contributed by atoms with van der Waals surface area (Å²) in [7, 11) is 0. The molecule has 10 heteroatoms. The van der Waals surface area contributed by atoms with Crippen molar-refractivity contribution in [1.82, 2.24) is 9.88 Å². The monoisotopic (exact) mass is 436 g/mol. The molecule has 154 valence electrons. The molecule has 31 heavy (non-hydrogen) atoms. The quantitative estimate of drug-likeness (QED) is 0.290. The van der Waals surface area contributed by atoms with Crippen LogP contribution in [0, 0.1) is 10.1 Å². The second-order valence-corrected chi connectivity index (χ2v) is 6.95. The van der Waals surface area contributed by atoms with E-state index < -0.39 is 22.8 Å². The summed E-state index contributed by atoms with van der Waals surface area (Å²) in [6, 6.07) is 14.4. The molecule has 0 aliphatic carbocycles. The molecule has 3 aromatic rings. The lowest BCUT2D eigenvalue weighted by atomic mass is 10.1. The van der Waals surface area contributed by atoms with Crippen LogP contribution in [0.1, 0.15) is 5.69 Å². The van der Waals surface area contributed by atoms with Crippen molar-refractivity contribution in [1.29, 1.82) is 0 Å². The fourth-order valence-electron chi connectivity index (χ4n) is 3.13. The third-order valence-electron chi connectivity index (χ3n) is 4.58. The number of anilines is 1. The minimum Gasteiger partial charge on any atom is -0.317 e. The molecule has 0 radical (unpaired) electrons. The molecule has 2 aromatic carbocycles. The molecule has 1 aromatic heterocycles. The van der Waals surface area contributed by atoms with E-state index in [9.17, 15) is 24.5 Å². The number of urea groups is 1. The Labute approximate surface area is 180 Å². The summed E-state index contributed by atoms with van der Waals surface area (Å²) in [5.74, 6) is -1.64. The van der Waals surface area contributed by atoms with Crippen LogP contribution in [0.3, 0.4) is 0 Å². The van der Waals surface area contributed by atoms with Crippen LogP contribution in [0.15, 0.2) is 72.4 Å². The van der Waals surface area contributed by atoms with Gasteiger partial charge in [-0.15, -0.1) is 0 Å². The topological polar surface area (TPSA) is 115 Å². The van der Waals surface area contributed by atoms with Crippen LogP contribution < -0.4 is 10.2 Å². The largest absolute Gasteiger partial charge is 0.335 e. The predicted molar refractivity (Wildman–Crippen MR) is 113 cm³/mol. The van der Waals surface area contributed by atoms with Crippen LogP contribution in [-0.4, -0.2) is 27.3 Å². The number of halogens is 1. The molecule has 0 saturated carbocycles. The Bertz CT molecular complexity index is 1260. The number of rotatable bonds is 4. The normalized spacial score (nSPS) is 15.3. The summed E-state index contributed by atoms with van der Waals surface area (Å²) in [6.45, 7) is 0. The zero-order chi connectivity index (χ0) is 22.1. The van der Waals surface area contributed by atoms with Crippen molar-refractivity contribution in [2.75, 3.05) is 4.90 Å². The number of non-ortho nitro benzene ring substituents is 1. The van der Waals surface area contributed by atoms with Gasteiger partial charge >= 0.3 is 6.03 Å². The molecule has 0 spiro atoms. The molecule has 1 saturated heterocycles. The SMILES string of the molecule is O=C1NC(=O)N(c2ccc(Cl)cc2)C(=O)C1=Cc1cccn1-c1cccc([N+](=O)[O-])c1. The first-order valence-corrected chi connectivity index (χ1v) is 9.32. The minimum atomic E-state index is -0.872. The molecular formula is C21H13ClN4O5. The molecule has 1 aliphatic heterocycles. The molecule has 1 N–H and O–H groups in total. The number of nitro groups is 1. The lowest BCUT2D eigenvalue weighted by molar-refractivity contribution is -0.384. The van der Waals surface area contributed by atoms with Gasteiger partial charge in [-0.2, -0.15) is 0 Å². The maximum absolute atomic E-state index is 13.0. The smallest absolute Gasteiger partial charge is 0.317 e. The van der Waals surface area contributed by atoms with E-state index in [0.29, 0.717) is 16.4 Å². The number of nitrogens with zero attached hydrogens (tertiary/aromatic N) is 3. The van der Waals surface area contributed by atoms with E-state index in [0.717, 1.165) is 4.90 Å². The van der Waals surface area contributed by atoms with Gasteiger partial charge in [0.25, 0.3) is 17.5 Å². The van der Waals surface area contributed by atoms with Gasteiger partial charge in [-0.1, -0.05) is 17.7 Å². The molecule has 2 heterocycles. The first-order valence-electron chi connectivity index (χ1n) is 8.94. The van der Waals surface area contributed by atoms with E-state index in [4.69, 9.17) is 11.6 Å². The molecule has 4 amide bonds. The van der Waals surface area contributed by atoms with Gasteiger partial charge in [-0.3, -0.25) is 25.0 Å². The van der Waals surface area contributed by atoms with Crippen LogP contribution >= 0.6 is 11.6 Å². The Morgan fingerprint density at radius 3 is 2.42 bits per heavy atom. The Hall–Kier alpha value is -4.24. The molecule has 0 unspecified atom stereocenters. The summed E-state index contributed by atoms with van der Waals surface area (Å²) in [6.07, 6.45) is 2.96. The number of amides is 4. The average Bonchev–Trinajstić information content (AvgIpc) is 3.21. The van der Waals surface area contributed by atoms with E-state index in [-0.39, 0.29) is 16.9 Å². The lowest BCUT2D eigenvalue weighted by Crippen LogP contribution is -2.54. The maximum Gasteiger partial charge on any atom is 0.335 e. The Morgan fingerprint density at radius 2 is 1.71 bits per heavy atom. The second-order valence-electron chi connectivity index (χ2n) is 6.51. The lowest BCUT2D eigenvalue weighted by Gasteiger charge is -2.26. The molecule has 0 atom stereocenters. The molecule has 4 rings (SSSR count). The zero-order valence-corrected chi connectivity index (χ0v) is 16.4. The van der Waals surface area contributed by atoms with Crippen molar-refractivity contribution < 1.29 is 19.3 Å². The molecule has 1 aliphatic rings. The molecule has 9 nitrogen and oxygen atoms in total. The third-order valence-corrected chi connectivity index (χ3v) is 4.83. The number of imide groups is 2. The van der Waals surface area contributed by atoms with Crippen LogP contribution in [0.5, 0.6) is 0 Å². The molecular weight excluding hydrogens is 424 g/mol. The van der Waals surface area contributed by atoms with Crippen LogP contribution in [0.25, 0.3) is 11.8 Å². The highest BCUT2D eigenvalue weighted by molar-refractivity contribution is 6.39. The van der Waals surface area contributed by atoms with Crippen molar-refractivity contribution in [2.24, 2.45) is 0 Å². The molecule has 1 fully saturated rings. The number of barbiturate groups is 1. The fourth-order valence-corrected chi connectivity index (χ4v) is 3.26. The standard InChI is InChI=1S/C21H13ClN4O5/c22-13-6-8-14(9-7-13)25-20(28)18(19(27)23-21(25)29)12-16-5-2-10-24(16)15-3-1-4-17(11-15)26(30)31/h1-12H,(H,23,27,29). The highest BCUT2D eigenvalue weighted by Crippen LogP contribution is 2.25.